The molecule has 5 nitrogen and oxygen atoms in total. The number of pyridine rings is 1. The van der Waals surface area contributed by atoms with E-state index < -0.39 is 23.0 Å². The number of hydrogen-bond donors (Lipinski definition) is 1. The summed E-state index contributed by atoms with van der Waals surface area (Å²) in [6, 6.07) is 6.12. The van der Waals surface area contributed by atoms with Crippen LogP contribution in [-0.4, -0.2) is 45.3 Å². The van der Waals surface area contributed by atoms with Gasteiger partial charge in [0.05, 0.1) is 24.3 Å². The molecule has 23 heavy (non-hydrogen) atoms. The molecule has 1 aromatic rings. The number of rotatable bonds is 5. The van der Waals surface area contributed by atoms with Gasteiger partial charge in [-0.1, -0.05) is 6.07 Å². The fourth-order valence-electron chi connectivity index (χ4n) is 2.46. The van der Waals surface area contributed by atoms with Crippen molar-refractivity contribution in [2.45, 2.75) is 49.0 Å². The highest BCUT2D eigenvalue weighted by molar-refractivity contribution is 7.99. The van der Waals surface area contributed by atoms with Crippen LogP contribution in [0.15, 0.2) is 24.4 Å². The van der Waals surface area contributed by atoms with E-state index in [-0.39, 0.29) is 18.9 Å². The van der Waals surface area contributed by atoms with E-state index in [0.29, 0.717) is 5.75 Å². The van der Waals surface area contributed by atoms with Crippen molar-refractivity contribution in [3.63, 3.8) is 0 Å². The fourth-order valence-corrected chi connectivity index (χ4v) is 3.43. The van der Waals surface area contributed by atoms with Crippen molar-refractivity contribution in [3.05, 3.63) is 30.1 Å². The molecule has 1 amide bonds. The first kappa shape index (κ1) is 17.7. The van der Waals surface area contributed by atoms with Crippen LogP contribution in [0.5, 0.6) is 0 Å². The van der Waals surface area contributed by atoms with E-state index in [1.165, 1.54) is 16.7 Å². The van der Waals surface area contributed by atoms with E-state index in [4.69, 9.17) is 11.0 Å². The van der Waals surface area contributed by atoms with Crippen molar-refractivity contribution in [2.75, 3.05) is 6.54 Å². The first-order valence-electron chi connectivity index (χ1n) is 7.48. The zero-order chi connectivity index (χ0) is 17.0. The van der Waals surface area contributed by atoms with Crippen LogP contribution in [0.3, 0.4) is 0 Å². The quantitative estimate of drug-likeness (QED) is 0.888. The van der Waals surface area contributed by atoms with E-state index in [1.807, 2.05) is 38.1 Å². The maximum absolute atomic E-state index is 13.5. The van der Waals surface area contributed by atoms with Gasteiger partial charge < -0.3 is 10.6 Å². The third-order valence-corrected chi connectivity index (χ3v) is 5.45. The summed E-state index contributed by atoms with van der Waals surface area (Å²) in [5, 5.41) is 9.07. The SMILES string of the molecule is CC(C)(SCc1ccccn1)C(N)C(=O)N1C[C@@H](F)C[C@H]1C#N. The molecule has 1 saturated heterocycles. The molecule has 1 unspecified atom stereocenters. The summed E-state index contributed by atoms with van der Waals surface area (Å²) in [5.41, 5.74) is 7.04. The van der Waals surface area contributed by atoms with Crippen LogP contribution in [0.1, 0.15) is 26.0 Å². The molecule has 1 aliphatic heterocycles. The molecule has 7 heteroatoms. The Morgan fingerprint density at radius 3 is 3.00 bits per heavy atom. The number of nitrogens with two attached hydrogens (primary N) is 1. The van der Waals surface area contributed by atoms with Gasteiger partial charge in [-0.25, -0.2) is 4.39 Å². The fraction of sp³-hybridized carbons (Fsp3) is 0.562. The van der Waals surface area contributed by atoms with Gasteiger partial charge >= 0.3 is 0 Å². The second-order valence-electron chi connectivity index (χ2n) is 6.16. The van der Waals surface area contributed by atoms with E-state index in [1.54, 1.807) is 6.20 Å². The molecule has 0 saturated carbocycles. The summed E-state index contributed by atoms with van der Waals surface area (Å²) < 4.78 is 12.9. The monoisotopic (exact) mass is 336 g/mol. The Balaban J connectivity index is 2.01. The Morgan fingerprint density at radius 1 is 1.65 bits per heavy atom. The minimum atomic E-state index is -1.15. The number of alkyl halides is 1. The summed E-state index contributed by atoms with van der Waals surface area (Å²) in [5.74, 6) is 0.262. The predicted octanol–water partition coefficient (Wildman–Crippen LogP) is 1.88. The van der Waals surface area contributed by atoms with Gasteiger partial charge in [0.2, 0.25) is 5.91 Å². The molecule has 1 aliphatic rings. The number of thioether (sulfide) groups is 1. The lowest BCUT2D eigenvalue weighted by atomic mass is 10.0. The van der Waals surface area contributed by atoms with Gasteiger partial charge in [0.15, 0.2) is 0 Å². The van der Waals surface area contributed by atoms with Gasteiger partial charge in [-0.3, -0.25) is 9.78 Å². The second-order valence-corrected chi connectivity index (χ2v) is 7.79. The first-order chi connectivity index (χ1) is 10.8. The highest BCUT2D eigenvalue weighted by Gasteiger charge is 2.42. The van der Waals surface area contributed by atoms with Gasteiger partial charge in [0.1, 0.15) is 12.2 Å². The van der Waals surface area contributed by atoms with Crippen molar-refractivity contribution in [3.8, 4) is 6.07 Å². The average molecular weight is 336 g/mol. The summed E-state index contributed by atoms with van der Waals surface area (Å²) >= 11 is 1.52. The zero-order valence-electron chi connectivity index (χ0n) is 13.3. The van der Waals surface area contributed by atoms with E-state index in [9.17, 15) is 9.18 Å². The minimum Gasteiger partial charge on any atom is -0.322 e. The number of halogens is 1. The van der Waals surface area contributed by atoms with E-state index in [2.05, 4.69) is 4.98 Å². The average Bonchev–Trinajstić information content (AvgIpc) is 2.93. The second kappa shape index (κ2) is 7.28. The van der Waals surface area contributed by atoms with Crippen LogP contribution in [0.25, 0.3) is 0 Å². The summed E-state index contributed by atoms with van der Waals surface area (Å²) in [6.07, 6.45) is 0.633. The van der Waals surface area contributed by atoms with Crippen LogP contribution in [0, 0.1) is 11.3 Å². The van der Waals surface area contributed by atoms with Gasteiger partial charge in [0.25, 0.3) is 0 Å². The Kier molecular flexibility index (Phi) is 5.60. The molecule has 2 rings (SSSR count). The molecular formula is C16H21FN4OS. The largest absolute Gasteiger partial charge is 0.322 e. The lowest BCUT2D eigenvalue weighted by molar-refractivity contribution is -0.133. The maximum atomic E-state index is 13.5. The van der Waals surface area contributed by atoms with Crippen molar-refractivity contribution in [2.24, 2.45) is 5.73 Å². The molecule has 124 valence electrons. The lowest BCUT2D eigenvalue weighted by Crippen LogP contribution is -2.54. The van der Waals surface area contributed by atoms with E-state index in [0.717, 1.165) is 5.69 Å². The van der Waals surface area contributed by atoms with Gasteiger partial charge in [-0.05, 0) is 26.0 Å². The van der Waals surface area contributed by atoms with Crippen molar-refractivity contribution < 1.29 is 9.18 Å². The number of likely N-dealkylation sites (tertiary alicyclic amines) is 1. The molecule has 1 aromatic heterocycles. The summed E-state index contributed by atoms with van der Waals surface area (Å²) in [6.45, 7) is 3.72. The Hall–Kier alpha value is -1.65. The Labute approximate surface area is 140 Å². The first-order valence-corrected chi connectivity index (χ1v) is 8.47. The van der Waals surface area contributed by atoms with Crippen molar-refractivity contribution in [1.29, 1.82) is 5.26 Å². The number of aromatic nitrogens is 1. The van der Waals surface area contributed by atoms with E-state index >= 15 is 0 Å². The molecule has 2 N–H and O–H groups in total. The van der Waals surface area contributed by atoms with Crippen molar-refractivity contribution >= 4 is 17.7 Å². The topological polar surface area (TPSA) is 83.0 Å². The van der Waals surface area contributed by atoms with Crippen LogP contribution in [0.2, 0.25) is 0 Å². The summed E-state index contributed by atoms with van der Waals surface area (Å²) in [4.78, 5) is 18.1. The molecule has 1 fully saturated rings. The highest BCUT2D eigenvalue weighted by atomic mass is 32.2. The van der Waals surface area contributed by atoms with Crippen LogP contribution in [0.4, 0.5) is 4.39 Å². The minimum absolute atomic E-state index is 0.0499. The van der Waals surface area contributed by atoms with Crippen LogP contribution >= 0.6 is 11.8 Å². The number of nitrogens with zero attached hydrogens (tertiary/aromatic N) is 3. The lowest BCUT2D eigenvalue weighted by Gasteiger charge is -2.33. The molecule has 0 aliphatic carbocycles. The number of nitriles is 1. The molecular weight excluding hydrogens is 315 g/mol. The van der Waals surface area contributed by atoms with Crippen molar-refractivity contribution in [1.82, 2.24) is 9.88 Å². The van der Waals surface area contributed by atoms with Crippen LogP contribution < -0.4 is 5.73 Å². The molecule has 0 radical (unpaired) electrons. The predicted molar refractivity (Wildman–Crippen MR) is 88.2 cm³/mol. The third-order valence-electron chi connectivity index (χ3n) is 4.02. The number of carbonyl (C=O) groups is 1. The van der Waals surface area contributed by atoms with Gasteiger partial charge in [0, 0.05) is 23.1 Å². The van der Waals surface area contributed by atoms with Gasteiger partial charge in [-0.15, -0.1) is 11.8 Å². The van der Waals surface area contributed by atoms with Crippen LogP contribution in [-0.2, 0) is 10.5 Å². The Bertz CT molecular complexity index is 589. The molecule has 0 spiro atoms. The highest BCUT2D eigenvalue weighted by Crippen LogP contribution is 2.32. The standard InChI is InChI=1S/C16H21FN4OS/c1-16(2,23-10-12-5-3-4-6-20-12)14(19)15(22)21-9-11(17)7-13(21)8-18/h3-6,11,13-14H,7,9-10,19H2,1-2H3/t11-,13-,14?/m0/s1. The molecule has 0 aromatic carbocycles. The normalized spacial score (nSPS) is 22.7. The number of carbonyl (C=O) groups excluding carboxylic acids is 1. The smallest absolute Gasteiger partial charge is 0.242 e. The number of amides is 1. The summed E-state index contributed by atoms with van der Waals surface area (Å²) in [7, 11) is 0. The maximum Gasteiger partial charge on any atom is 0.242 e. The van der Waals surface area contributed by atoms with Gasteiger partial charge in [-0.2, -0.15) is 5.26 Å². The third kappa shape index (κ3) is 4.21. The molecule has 0 bridgehead atoms. The number of hydrogen-bond acceptors (Lipinski definition) is 5. The molecule has 3 atom stereocenters. The zero-order valence-corrected chi connectivity index (χ0v) is 14.1. The molecule has 2 heterocycles. The Morgan fingerprint density at radius 2 is 2.39 bits per heavy atom.